The Balaban J connectivity index is 1.59. The van der Waals surface area contributed by atoms with Crippen molar-refractivity contribution in [2.45, 2.75) is 37.7 Å². The van der Waals surface area contributed by atoms with Crippen molar-refractivity contribution in [3.63, 3.8) is 0 Å². The van der Waals surface area contributed by atoms with E-state index in [1.165, 1.54) is 25.4 Å². The quantitative estimate of drug-likeness (QED) is 0.554. The van der Waals surface area contributed by atoms with Crippen LogP contribution < -0.4 is 14.8 Å². The smallest absolute Gasteiger partial charge is 0.229 e. The van der Waals surface area contributed by atoms with Crippen LogP contribution in [0.2, 0.25) is 0 Å². The standard InChI is InChI=1S/C22H27FN4O6S/c1-14-21(32-17-6-8-27(9-7-17)12-16(29)11-24-15(2)28)25-13-26-22(14)33-20-5-4-18(10-19(20)23)34(3,30)31/h4-5,10,13,17H,6-9,11-12H2,1-3H3,(H,24,28). The maximum atomic E-state index is 14.4. The number of hydrogen-bond acceptors (Lipinski definition) is 9. The number of sulfone groups is 1. The molecule has 0 atom stereocenters. The zero-order valence-corrected chi connectivity index (χ0v) is 20.0. The zero-order chi connectivity index (χ0) is 24.9. The average molecular weight is 495 g/mol. The first-order chi connectivity index (χ1) is 16.0. The molecule has 0 radical (unpaired) electrons. The van der Waals surface area contributed by atoms with E-state index in [0.29, 0.717) is 37.4 Å². The van der Waals surface area contributed by atoms with E-state index in [9.17, 15) is 22.4 Å². The average Bonchev–Trinajstić information content (AvgIpc) is 2.77. The molecular formula is C22H27FN4O6S. The molecule has 1 aliphatic heterocycles. The fraction of sp³-hybridized carbons (Fsp3) is 0.455. The molecule has 1 aromatic heterocycles. The van der Waals surface area contributed by atoms with E-state index < -0.39 is 15.7 Å². The third-order valence-corrected chi connectivity index (χ3v) is 6.39. The minimum absolute atomic E-state index is 0.0201. The van der Waals surface area contributed by atoms with Crippen LogP contribution in [0.1, 0.15) is 25.3 Å². The summed E-state index contributed by atoms with van der Waals surface area (Å²) in [5.41, 5.74) is 0.474. The molecule has 10 nitrogen and oxygen atoms in total. The van der Waals surface area contributed by atoms with Gasteiger partial charge in [-0.2, -0.15) is 0 Å². The lowest BCUT2D eigenvalue weighted by Crippen LogP contribution is -2.43. The van der Waals surface area contributed by atoms with Crippen molar-refractivity contribution in [1.82, 2.24) is 20.2 Å². The van der Waals surface area contributed by atoms with E-state index in [-0.39, 0.29) is 47.4 Å². The molecule has 1 fully saturated rings. The van der Waals surface area contributed by atoms with E-state index in [0.717, 1.165) is 12.3 Å². The van der Waals surface area contributed by atoms with E-state index in [1.54, 1.807) is 6.92 Å². The van der Waals surface area contributed by atoms with Crippen LogP contribution in [-0.2, 0) is 19.4 Å². The number of likely N-dealkylation sites (tertiary alicyclic amines) is 1. The summed E-state index contributed by atoms with van der Waals surface area (Å²) >= 11 is 0. The minimum Gasteiger partial charge on any atom is -0.474 e. The molecule has 0 aliphatic carbocycles. The fourth-order valence-corrected chi connectivity index (χ4v) is 4.04. The minimum atomic E-state index is -3.54. The van der Waals surface area contributed by atoms with Gasteiger partial charge >= 0.3 is 0 Å². The Kier molecular flexibility index (Phi) is 8.15. The van der Waals surface area contributed by atoms with Crippen molar-refractivity contribution in [3.05, 3.63) is 35.9 Å². The van der Waals surface area contributed by atoms with E-state index in [1.807, 2.05) is 4.90 Å². The molecule has 2 aromatic rings. The van der Waals surface area contributed by atoms with Crippen molar-refractivity contribution in [2.75, 3.05) is 32.4 Å². The first kappa shape index (κ1) is 25.5. The van der Waals surface area contributed by atoms with E-state index in [2.05, 4.69) is 15.3 Å². The van der Waals surface area contributed by atoms with Gasteiger partial charge in [0.1, 0.15) is 12.4 Å². The molecule has 0 spiro atoms. The van der Waals surface area contributed by atoms with Gasteiger partial charge in [0.05, 0.1) is 23.5 Å². The van der Waals surface area contributed by atoms with Gasteiger partial charge in [-0.25, -0.2) is 22.8 Å². The maximum absolute atomic E-state index is 14.4. The number of halogens is 1. The summed E-state index contributed by atoms with van der Waals surface area (Å²) < 4.78 is 49.1. The number of nitrogens with one attached hydrogen (secondary N) is 1. The normalized spacial score (nSPS) is 15.1. The molecule has 2 heterocycles. The van der Waals surface area contributed by atoms with Gasteiger partial charge in [0.25, 0.3) is 0 Å². The monoisotopic (exact) mass is 494 g/mol. The lowest BCUT2D eigenvalue weighted by molar-refractivity contribution is -0.124. The summed E-state index contributed by atoms with van der Waals surface area (Å²) in [7, 11) is -3.54. The lowest BCUT2D eigenvalue weighted by Gasteiger charge is -2.31. The topological polar surface area (TPSA) is 128 Å². The molecule has 3 rings (SSSR count). The molecule has 0 unspecified atom stereocenters. The summed E-state index contributed by atoms with van der Waals surface area (Å²) in [6, 6.07) is 3.39. The number of nitrogens with zero attached hydrogens (tertiary/aromatic N) is 3. The van der Waals surface area contributed by atoms with Crippen LogP contribution >= 0.6 is 0 Å². The van der Waals surface area contributed by atoms with Gasteiger partial charge < -0.3 is 14.8 Å². The van der Waals surface area contributed by atoms with Gasteiger partial charge in [-0.1, -0.05) is 0 Å². The SMILES string of the molecule is CC(=O)NCC(=O)CN1CCC(Oc2ncnc(Oc3ccc(S(C)(=O)=O)cc3F)c2C)CC1. The van der Waals surface area contributed by atoms with Crippen molar-refractivity contribution in [2.24, 2.45) is 0 Å². The molecule has 34 heavy (non-hydrogen) atoms. The number of hydrogen-bond donors (Lipinski definition) is 1. The Morgan fingerprint density at radius 3 is 2.50 bits per heavy atom. The highest BCUT2D eigenvalue weighted by molar-refractivity contribution is 7.90. The van der Waals surface area contributed by atoms with Crippen LogP contribution in [-0.4, -0.2) is 73.5 Å². The van der Waals surface area contributed by atoms with Crippen LogP contribution in [0.5, 0.6) is 17.5 Å². The number of ketones is 1. The second-order valence-corrected chi connectivity index (χ2v) is 10.1. The number of aromatic nitrogens is 2. The Morgan fingerprint density at radius 2 is 1.88 bits per heavy atom. The summed E-state index contributed by atoms with van der Waals surface area (Å²) in [6.45, 7) is 4.65. The second-order valence-electron chi connectivity index (χ2n) is 8.12. The van der Waals surface area contributed by atoms with Crippen LogP contribution in [0.25, 0.3) is 0 Å². The molecule has 184 valence electrons. The Morgan fingerprint density at radius 1 is 1.21 bits per heavy atom. The number of carbonyl (C=O) groups excluding carboxylic acids is 2. The molecule has 1 aromatic carbocycles. The summed E-state index contributed by atoms with van der Waals surface area (Å²) in [5.74, 6) is -0.894. The summed E-state index contributed by atoms with van der Waals surface area (Å²) in [6.07, 6.45) is 3.46. The highest BCUT2D eigenvalue weighted by Gasteiger charge is 2.24. The first-order valence-electron chi connectivity index (χ1n) is 10.7. The highest BCUT2D eigenvalue weighted by atomic mass is 32.2. The maximum Gasteiger partial charge on any atom is 0.229 e. The summed E-state index contributed by atoms with van der Waals surface area (Å²) in [5, 5.41) is 2.50. The Labute approximate surface area is 197 Å². The first-order valence-corrected chi connectivity index (χ1v) is 12.6. The van der Waals surface area contributed by atoms with Gasteiger partial charge in [-0.15, -0.1) is 0 Å². The molecule has 1 aliphatic rings. The van der Waals surface area contributed by atoms with E-state index in [4.69, 9.17) is 9.47 Å². The van der Waals surface area contributed by atoms with Crippen molar-refractivity contribution >= 4 is 21.5 Å². The van der Waals surface area contributed by atoms with Crippen molar-refractivity contribution in [1.29, 1.82) is 0 Å². The number of piperidine rings is 1. The van der Waals surface area contributed by atoms with Gasteiger partial charge in [0, 0.05) is 26.3 Å². The number of Topliss-reactive ketones (excluding diaryl/α,β-unsaturated/α-hetero) is 1. The number of ether oxygens (including phenoxy) is 2. The molecule has 12 heteroatoms. The Hall–Kier alpha value is -3.12. The van der Waals surface area contributed by atoms with Crippen LogP contribution in [0.3, 0.4) is 0 Å². The van der Waals surface area contributed by atoms with Gasteiger partial charge in [-0.3, -0.25) is 14.5 Å². The third kappa shape index (κ3) is 6.94. The van der Waals surface area contributed by atoms with Crippen molar-refractivity contribution in [3.8, 4) is 17.5 Å². The number of amides is 1. The summed E-state index contributed by atoms with van der Waals surface area (Å²) in [4.78, 5) is 32.9. The van der Waals surface area contributed by atoms with Gasteiger partial charge in [0.15, 0.2) is 27.2 Å². The molecule has 1 amide bonds. The van der Waals surface area contributed by atoms with Crippen LogP contribution in [0, 0.1) is 12.7 Å². The third-order valence-electron chi connectivity index (χ3n) is 5.28. The largest absolute Gasteiger partial charge is 0.474 e. The molecule has 0 bridgehead atoms. The number of rotatable bonds is 9. The predicted octanol–water partition coefficient (Wildman–Crippen LogP) is 1.67. The van der Waals surface area contributed by atoms with Crippen molar-refractivity contribution < 1.29 is 31.9 Å². The fourth-order valence-electron chi connectivity index (χ4n) is 3.41. The van der Waals surface area contributed by atoms with Gasteiger partial charge in [0.2, 0.25) is 17.7 Å². The zero-order valence-electron chi connectivity index (χ0n) is 19.2. The highest BCUT2D eigenvalue weighted by Crippen LogP contribution is 2.31. The molecular weight excluding hydrogens is 467 g/mol. The molecule has 0 saturated carbocycles. The Bertz CT molecular complexity index is 1170. The number of carbonyl (C=O) groups is 2. The number of benzene rings is 1. The molecule has 1 saturated heterocycles. The molecule has 1 N–H and O–H groups in total. The lowest BCUT2D eigenvalue weighted by atomic mass is 10.1. The van der Waals surface area contributed by atoms with Gasteiger partial charge in [-0.05, 0) is 38.0 Å². The van der Waals surface area contributed by atoms with Crippen LogP contribution in [0.15, 0.2) is 29.4 Å². The second kappa shape index (κ2) is 10.9. The van der Waals surface area contributed by atoms with Crippen LogP contribution in [0.4, 0.5) is 4.39 Å². The van der Waals surface area contributed by atoms with E-state index >= 15 is 0 Å². The predicted molar refractivity (Wildman–Crippen MR) is 120 cm³/mol.